The van der Waals surface area contributed by atoms with Gasteiger partial charge in [0.05, 0.1) is 6.54 Å². The molecular weight excluding hydrogens is 530 g/mol. The van der Waals surface area contributed by atoms with E-state index in [1.54, 1.807) is 30.2 Å². The summed E-state index contributed by atoms with van der Waals surface area (Å²) in [5.74, 6) is 0.249. The molecule has 0 spiro atoms. The largest absolute Gasteiger partial charge is 0.487 e. The standard InChI is InChI=1S/C33H35N5O4/c1-20-10-13-28(23(4)27(20)19-42-29-9-7-8-26-21(2)16-22(3)36-33(26)29)38(6)32(41)18-35-31(40)15-12-25-11-14-30(34-17-25)37-24(5)39/h7-17H,18-19H2,1-6H3,(H,35,40)(H,34,37,39). The van der Waals surface area contributed by atoms with E-state index in [0.717, 1.165) is 44.5 Å². The molecule has 0 fully saturated rings. The minimum absolute atomic E-state index is 0.168. The summed E-state index contributed by atoms with van der Waals surface area (Å²) in [6.07, 6.45) is 4.45. The summed E-state index contributed by atoms with van der Waals surface area (Å²) in [4.78, 5) is 46.8. The van der Waals surface area contributed by atoms with Gasteiger partial charge in [-0.05, 0) is 91.9 Å². The number of amides is 3. The van der Waals surface area contributed by atoms with Crippen LogP contribution in [0.3, 0.4) is 0 Å². The number of aryl methyl sites for hydroxylation is 3. The van der Waals surface area contributed by atoms with Gasteiger partial charge in [0.1, 0.15) is 23.7 Å². The third-order valence-corrected chi connectivity index (χ3v) is 6.98. The molecule has 0 radical (unpaired) electrons. The fourth-order valence-electron chi connectivity index (χ4n) is 4.69. The molecule has 3 amide bonds. The number of aromatic nitrogens is 2. The van der Waals surface area contributed by atoms with E-state index in [9.17, 15) is 14.4 Å². The normalized spacial score (nSPS) is 11.0. The number of anilines is 2. The van der Waals surface area contributed by atoms with Crippen molar-refractivity contribution in [1.29, 1.82) is 0 Å². The molecule has 2 aromatic carbocycles. The summed E-state index contributed by atoms with van der Waals surface area (Å²) in [5.41, 5.74) is 7.29. The van der Waals surface area contributed by atoms with Crippen molar-refractivity contribution in [3.05, 3.63) is 94.3 Å². The van der Waals surface area contributed by atoms with Crippen molar-refractivity contribution in [3.8, 4) is 5.75 Å². The molecule has 0 aliphatic heterocycles. The van der Waals surface area contributed by atoms with E-state index in [2.05, 4.69) is 28.6 Å². The second-order valence-corrected chi connectivity index (χ2v) is 10.2. The van der Waals surface area contributed by atoms with Crippen molar-refractivity contribution in [1.82, 2.24) is 15.3 Å². The first-order chi connectivity index (χ1) is 20.0. The predicted molar refractivity (Wildman–Crippen MR) is 165 cm³/mol. The molecule has 42 heavy (non-hydrogen) atoms. The first-order valence-electron chi connectivity index (χ1n) is 13.6. The van der Waals surface area contributed by atoms with E-state index < -0.39 is 5.91 Å². The first kappa shape index (κ1) is 29.9. The quantitative estimate of drug-likeness (QED) is 0.270. The van der Waals surface area contributed by atoms with E-state index in [0.29, 0.717) is 23.7 Å². The number of nitrogens with zero attached hydrogens (tertiary/aromatic N) is 3. The minimum Gasteiger partial charge on any atom is -0.487 e. The van der Waals surface area contributed by atoms with Crippen LogP contribution in [0.2, 0.25) is 0 Å². The predicted octanol–water partition coefficient (Wildman–Crippen LogP) is 5.19. The van der Waals surface area contributed by atoms with Gasteiger partial charge in [-0.2, -0.15) is 0 Å². The van der Waals surface area contributed by atoms with Gasteiger partial charge >= 0.3 is 0 Å². The van der Waals surface area contributed by atoms with Crippen LogP contribution in [0.5, 0.6) is 5.75 Å². The third-order valence-electron chi connectivity index (χ3n) is 6.98. The molecule has 0 aliphatic carbocycles. The van der Waals surface area contributed by atoms with Gasteiger partial charge in [0.2, 0.25) is 17.7 Å². The minimum atomic E-state index is -0.411. The van der Waals surface area contributed by atoms with Crippen LogP contribution in [0.25, 0.3) is 17.0 Å². The number of benzene rings is 2. The first-order valence-corrected chi connectivity index (χ1v) is 13.6. The molecule has 9 heteroatoms. The zero-order valence-corrected chi connectivity index (χ0v) is 24.7. The SMILES string of the molecule is CC(=O)Nc1ccc(C=CC(=O)NCC(=O)N(C)c2ccc(C)c(COc3cccc4c(C)cc(C)nc34)c2C)cn1. The zero-order valence-electron chi connectivity index (χ0n) is 24.7. The average Bonchev–Trinajstić information content (AvgIpc) is 2.95. The molecule has 2 heterocycles. The molecule has 0 saturated carbocycles. The number of nitrogens with one attached hydrogen (secondary N) is 2. The number of carbonyl (C=O) groups is 3. The van der Waals surface area contributed by atoms with Gasteiger partial charge in [-0.1, -0.05) is 18.2 Å². The maximum Gasteiger partial charge on any atom is 0.246 e. The summed E-state index contributed by atoms with van der Waals surface area (Å²) in [6, 6.07) is 15.2. The Labute approximate surface area is 245 Å². The molecule has 4 rings (SSSR count). The zero-order chi connectivity index (χ0) is 30.4. The highest BCUT2D eigenvalue weighted by atomic mass is 16.5. The lowest BCUT2D eigenvalue weighted by atomic mass is 10.0. The Bertz CT molecular complexity index is 1680. The van der Waals surface area contributed by atoms with Gasteiger partial charge in [-0.3, -0.25) is 14.4 Å². The number of carbonyl (C=O) groups excluding carboxylic acids is 3. The average molecular weight is 566 g/mol. The number of hydrogen-bond donors (Lipinski definition) is 2. The van der Waals surface area contributed by atoms with Gasteiger partial charge in [-0.25, -0.2) is 9.97 Å². The summed E-state index contributed by atoms with van der Waals surface area (Å²) in [6.45, 7) is 9.58. The van der Waals surface area contributed by atoms with Crippen LogP contribution >= 0.6 is 0 Å². The smallest absolute Gasteiger partial charge is 0.246 e. The van der Waals surface area contributed by atoms with Crippen LogP contribution in [0, 0.1) is 27.7 Å². The maximum absolute atomic E-state index is 13.0. The lowest BCUT2D eigenvalue weighted by Gasteiger charge is -2.23. The van der Waals surface area contributed by atoms with E-state index in [1.807, 2.05) is 51.1 Å². The Hall–Kier alpha value is -5.05. The number of likely N-dealkylation sites (N-methyl/N-ethyl adjacent to an activating group) is 1. The van der Waals surface area contributed by atoms with Crippen LogP contribution in [0.15, 0.2) is 60.8 Å². The molecule has 216 valence electrons. The van der Waals surface area contributed by atoms with Crippen LogP contribution in [-0.4, -0.2) is 41.3 Å². The van der Waals surface area contributed by atoms with E-state index in [4.69, 9.17) is 9.72 Å². The maximum atomic E-state index is 13.0. The van der Waals surface area contributed by atoms with Crippen molar-refractivity contribution in [2.45, 2.75) is 41.2 Å². The number of ether oxygens (including phenoxy) is 1. The fourth-order valence-corrected chi connectivity index (χ4v) is 4.69. The Morgan fingerprint density at radius 1 is 1.00 bits per heavy atom. The molecule has 2 N–H and O–H groups in total. The number of fused-ring (bicyclic) bond motifs is 1. The van der Waals surface area contributed by atoms with Gasteiger partial charge in [0, 0.05) is 43.0 Å². The highest BCUT2D eigenvalue weighted by Crippen LogP contribution is 2.30. The lowest BCUT2D eigenvalue weighted by Crippen LogP contribution is -2.38. The molecule has 0 atom stereocenters. The van der Waals surface area contributed by atoms with Crippen LogP contribution in [0.4, 0.5) is 11.5 Å². The summed E-state index contributed by atoms with van der Waals surface area (Å²) >= 11 is 0. The Morgan fingerprint density at radius 2 is 1.79 bits per heavy atom. The van der Waals surface area contributed by atoms with Crippen molar-refractivity contribution in [2.75, 3.05) is 23.8 Å². The van der Waals surface area contributed by atoms with Gasteiger partial charge < -0.3 is 20.3 Å². The van der Waals surface area contributed by atoms with Crippen molar-refractivity contribution >= 4 is 46.2 Å². The number of pyridine rings is 2. The van der Waals surface area contributed by atoms with Crippen molar-refractivity contribution in [3.63, 3.8) is 0 Å². The molecule has 4 aromatic rings. The fraction of sp³-hybridized carbons (Fsp3) is 0.242. The molecule has 0 bridgehead atoms. The lowest BCUT2D eigenvalue weighted by molar-refractivity contribution is -0.122. The second-order valence-electron chi connectivity index (χ2n) is 10.2. The van der Waals surface area contributed by atoms with E-state index in [-0.39, 0.29) is 18.4 Å². The Kier molecular flexibility index (Phi) is 9.32. The number of hydrogen-bond acceptors (Lipinski definition) is 6. The highest BCUT2D eigenvalue weighted by Gasteiger charge is 2.17. The van der Waals surface area contributed by atoms with Crippen molar-refractivity contribution < 1.29 is 19.1 Å². The van der Waals surface area contributed by atoms with E-state index >= 15 is 0 Å². The van der Waals surface area contributed by atoms with Gasteiger partial charge in [0.15, 0.2) is 0 Å². The third kappa shape index (κ3) is 7.17. The Balaban J connectivity index is 1.40. The summed E-state index contributed by atoms with van der Waals surface area (Å²) < 4.78 is 6.28. The monoisotopic (exact) mass is 565 g/mol. The van der Waals surface area contributed by atoms with Crippen molar-refractivity contribution in [2.24, 2.45) is 0 Å². The molecule has 2 aromatic heterocycles. The Morgan fingerprint density at radius 3 is 2.50 bits per heavy atom. The number of rotatable bonds is 9. The molecular formula is C33H35N5O4. The van der Waals surface area contributed by atoms with Crippen LogP contribution in [-0.2, 0) is 21.0 Å². The highest BCUT2D eigenvalue weighted by molar-refractivity contribution is 5.99. The second kappa shape index (κ2) is 13.1. The number of para-hydroxylation sites is 1. The van der Waals surface area contributed by atoms with Crippen LogP contribution < -0.4 is 20.3 Å². The molecule has 0 unspecified atom stereocenters. The topological polar surface area (TPSA) is 114 Å². The molecule has 0 saturated heterocycles. The molecule has 9 nitrogen and oxygen atoms in total. The van der Waals surface area contributed by atoms with Gasteiger partial charge in [-0.15, -0.1) is 0 Å². The summed E-state index contributed by atoms with van der Waals surface area (Å²) in [5, 5.41) is 6.27. The van der Waals surface area contributed by atoms with E-state index in [1.165, 1.54) is 19.2 Å². The van der Waals surface area contributed by atoms with Crippen LogP contribution in [0.1, 0.15) is 40.4 Å². The van der Waals surface area contributed by atoms with Gasteiger partial charge in [0.25, 0.3) is 0 Å². The molecule has 0 aliphatic rings. The summed E-state index contributed by atoms with van der Waals surface area (Å²) in [7, 11) is 1.69.